The highest BCUT2D eigenvalue weighted by atomic mass is 35.5. The number of pyridine rings is 1. The van der Waals surface area contributed by atoms with Crippen LogP contribution in [0.3, 0.4) is 0 Å². The van der Waals surface area contributed by atoms with Crippen LogP contribution in [0.1, 0.15) is 41.1 Å². The summed E-state index contributed by atoms with van der Waals surface area (Å²) in [5.41, 5.74) is 5.66. The predicted molar refractivity (Wildman–Crippen MR) is 159 cm³/mol. The molecule has 0 spiro atoms. The second-order valence-corrected chi connectivity index (χ2v) is 10.3. The van der Waals surface area contributed by atoms with Gasteiger partial charge in [0.15, 0.2) is 5.11 Å². The maximum Gasteiger partial charge on any atom is 0.226 e. The van der Waals surface area contributed by atoms with Gasteiger partial charge in [0.1, 0.15) is 5.75 Å². The summed E-state index contributed by atoms with van der Waals surface area (Å²) in [5, 5.41) is 7.66. The Morgan fingerprint density at radius 3 is 2.59 bits per heavy atom. The molecule has 200 valence electrons. The van der Waals surface area contributed by atoms with Gasteiger partial charge in [0.2, 0.25) is 5.91 Å². The molecule has 0 bridgehead atoms. The molecule has 1 saturated heterocycles. The summed E-state index contributed by atoms with van der Waals surface area (Å²) < 4.78 is 7.81. The van der Waals surface area contributed by atoms with Crippen LogP contribution in [-0.2, 0) is 4.79 Å². The number of halogens is 1. The minimum atomic E-state index is -0.189. The number of aryl methyl sites for hydroxylation is 1. The Morgan fingerprint density at radius 2 is 1.87 bits per heavy atom. The Balaban J connectivity index is 1.51. The molecule has 7 nitrogen and oxygen atoms in total. The van der Waals surface area contributed by atoms with Crippen LogP contribution in [-0.4, -0.2) is 39.1 Å². The first-order chi connectivity index (χ1) is 18.9. The van der Waals surface area contributed by atoms with Crippen molar-refractivity contribution in [3.05, 3.63) is 107 Å². The van der Waals surface area contributed by atoms with Crippen molar-refractivity contribution in [2.75, 3.05) is 19.0 Å². The number of carbonyl (C=O) groups excluding carboxylic acids is 1. The Kier molecular flexibility index (Phi) is 7.86. The Morgan fingerprint density at radius 1 is 1.10 bits per heavy atom. The van der Waals surface area contributed by atoms with Crippen LogP contribution in [0.5, 0.6) is 5.75 Å². The normalized spacial score (nSPS) is 16.7. The van der Waals surface area contributed by atoms with Gasteiger partial charge in [0, 0.05) is 41.3 Å². The van der Waals surface area contributed by atoms with Crippen LogP contribution in [0.4, 0.5) is 5.69 Å². The van der Waals surface area contributed by atoms with E-state index in [4.69, 9.17) is 28.6 Å². The van der Waals surface area contributed by atoms with Gasteiger partial charge in [-0.05, 0) is 80.2 Å². The van der Waals surface area contributed by atoms with Crippen molar-refractivity contribution in [2.24, 2.45) is 0 Å². The molecule has 5 rings (SSSR count). The molecule has 39 heavy (non-hydrogen) atoms. The van der Waals surface area contributed by atoms with E-state index in [9.17, 15) is 4.79 Å². The molecule has 1 amide bonds. The van der Waals surface area contributed by atoms with E-state index in [-0.39, 0.29) is 24.4 Å². The number of thiocarbonyl (C=S) groups is 1. The second kappa shape index (κ2) is 11.5. The van der Waals surface area contributed by atoms with Crippen LogP contribution in [0.25, 0.3) is 5.69 Å². The Hall–Kier alpha value is -3.88. The van der Waals surface area contributed by atoms with Crippen molar-refractivity contribution in [3.63, 3.8) is 0 Å². The molecular weight excluding hydrogens is 530 g/mol. The molecular formula is C30H30ClN5O2S. The summed E-state index contributed by atoms with van der Waals surface area (Å²) in [7, 11) is 1.65. The lowest BCUT2D eigenvalue weighted by molar-refractivity contribution is -0.116. The molecule has 2 aromatic heterocycles. The first-order valence-corrected chi connectivity index (χ1v) is 13.5. The fourth-order valence-corrected chi connectivity index (χ4v) is 5.75. The maximum atomic E-state index is 12.8. The lowest BCUT2D eigenvalue weighted by Crippen LogP contribution is -2.32. The number of hydrogen-bond acceptors (Lipinski definition) is 4. The van der Waals surface area contributed by atoms with Gasteiger partial charge in [0.05, 0.1) is 30.6 Å². The first-order valence-electron chi connectivity index (χ1n) is 12.7. The molecule has 0 aliphatic carbocycles. The number of nitrogens with zero attached hydrogens (tertiary/aromatic N) is 3. The van der Waals surface area contributed by atoms with Crippen LogP contribution in [0, 0.1) is 13.8 Å². The number of para-hydroxylation sites is 1. The lowest BCUT2D eigenvalue weighted by Gasteiger charge is -2.28. The van der Waals surface area contributed by atoms with Gasteiger partial charge in [-0.2, -0.15) is 0 Å². The van der Waals surface area contributed by atoms with Crippen LogP contribution in [0.2, 0.25) is 5.02 Å². The number of anilines is 1. The molecule has 0 saturated carbocycles. The average Bonchev–Trinajstić information content (AvgIpc) is 3.42. The Labute approximate surface area is 238 Å². The van der Waals surface area contributed by atoms with Crippen molar-refractivity contribution in [1.82, 2.24) is 19.8 Å². The van der Waals surface area contributed by atoms with Crippen LogP contribution < -0.4 is 15.4 Å². The molecule has 2 N–H and O–H groups in total. The third kappa shape index (κ3) is 5.48. The van der Waals surface area contributed by atoms with Gasteiger partial charge in [-0.3, -0.25) is 9.78 Å². The quantitative estimate of drug-likeness (QED) is 0.252. The zero-order chi connectivity index (χ0) is 27.5. The van der Waals surface area contributed by atoms with E-state index in [1.54, 1.807) is 13.3 Å². The van der Waals surface area contributed by atoms with Crippen molar-refractivity contribution < 1.29 is 9.53 Å². The highest BCUT2D eigenvalue weighted by Gasteiger charge is 2.41. The number of benzene rings is 2. The lowest BCUT2D eigenvalue weighted by atomic mass is 9.96. The van der Waals surface area contributed by atoms with Crippen molar-refractivity contribution in [3.8, 4) is 11.4 Å². The van der Waals surface area contributed by atoms with Crippen LogP contribution in [0.15, 0.2) is 79.0 Å². The molecule has 1 aliphatic rings. The monoisotopic (exact) mass is 559 g/mol. The molecule has 2 atom stereocenters. The third-order valence-electron chi connectivity index (χ3n) is 7.01. The highest BCUT2D eigenvalue weighted by molar-refractivity contribution is 7.80. The first kappa shape index (κ1) is 26.7. The number of hydrogen-bond donors (Lipinski definition) is 2. The molecule has 4 aromatic rings. The molecule has 2 unspecified atom stereocenters. The molecule has 1 fully saturated rings. The summed E-state index contributed by atoms with van der Waals surface area (Å²) in [6.45, 7) is 4.59. The summed E-state index contributed by atoms with van der Waals surface area (Å²) in [6, 6.07) is 22.7. The fourth-order valence-electron chi connectivity index (χ4n) is 5.25. The summed E-state index contributed by atoms with van der Waals surface area (Å²) in [6.07, 6.45) is 2.07. The topological polar surface area (TPSA) is 71.4 Å². The zero-order valence-electron chi connectivity index (χ0n) is 22.0. The van der Waals surface area contributed by atoms with Gasteiger partial charge >= 0.3 is 0 Å². The summed E-state index contributed by atoms with van der Waals surface area (Å²) in [4.78, 5) is 19.6. The minimum Gasteiger partial charge on any atom is -0.495 e. The number of aromatic nitrogens is 2. The van der Waals surface area contributed by atoms with E-state index >= 15 is 0 Å². The third-order valence-corrected chi connectivity index (χ3v) is 7.59. The van der Waals surface area contributed by atoms with E-state index in [2.05, 4.69) is 45.0 Å². The number of carbonyl (C=O) groups is 1. The molecule has 1 aliphatic heterocycles. The molecule has 2 aromatic carbocycles. The fraction of sp³-hybridized carbons (Fsp3) is 0.233. The van der Waals surface area contributed by atoms with E-state index < -0.39 is 0 Å². The van der Waals surface area contributed by atoms with E-state index in [1.807, 2.05) is 66.7 Å². The van der Waals surface area contributed by atoms with E-state index in [1.165, 1.54) is 0 Å². The smallest absolute Gasteiger partial charge is 0.226 e. The second-order valence-electron chi connectivity index (χ2n) is 9.46. The zero-order valence-corrected chi connectivity index (χ0v) is 23.6. The Bertz CT molecular complexity index is 1490. The van der Waals surface area contributed by atoms with Crippen molar-refractivity contribution in [1.29, 1.82) is 0 Å². The minimum absolute atomic E-state index is 0.0711. The van der Waals surface area contributed by atoms with Gasteiger partial charge < -0.3 is 24.8 Å². The number of nitrogens with one attached hydrogen (secondary N) is 2. The van der Waals surface area contributed by atoms with Gasteiger partial charge in [0.25, 0.3) is 0 Å². The van der Waals surface area contributed by atoms with Gasteiger partial charge in [-0.25, -0.2) is 0 Å². The summed E-state index contributed by atoms with van der Waals surface area (Å²) in [5.74, 6) is 0.654. The van der Waals surface area contributed by atoms with E-state index in [0.29, 0.717) is 16.7 Å². The summed E-state index contributed by atoms with van der Waals surface area (Å²) >= 11 is 12.2. The van der Waals surface area contributed by atoms with E-state index in [0.717, 1.165) is 39.8 Å². The number of methoxy groups -OCH3 is 1. The molecule has 9 heteroatoms. The largest absolute Gasteiger partial charge is 0.495 e. The van der Waals surface area contributed by atoms with Crippen LogP contribution >= 0.6 is 23.8 Å². The molecule has 0 radical (unpaired) electrons. The maximum absolute atomic E-state index is 12.8. The van der Waals surface area contributed by atoms with Gasteiger partial charge in [-0.1, -0.05) is 35.9 Å². The van der Waals surface area contributed by atoms with Crippen molar-refractivity contribution >= 4 is 40.5 Å². The predicted octanol–water partition coefficient (Wildman–Crippen LogP) is 6.15. The SMILES string of the molecule is COc1ccc(Cl)cc1-n1c(C)cc(C2C(c3ccccn3)NC(=S)N2CCC(=O)Nc2ccccc2)c1C. The molecule has 3 heterocycles. The highest BCUT2D eigenvalue weighted by Crippen LogP contribution is 2.42. The van der Waals surface area contributed by atoms with Crippen molar-refractivity contribution in [2.45, 2.75) is 32.4 Å². The number of ether oxygens (including phenoxy) is 1. The number of amides is 1. The average molecular weight is 560 g/mol. The number of rotatable bonds is 8. The standard InChI is InChI=1S/C30H30ClN5O2S/c1-19-17-23(20(2)36(19)25-18-21(31)12-13-26(25)38-3)29-28(24-11-7-8-15-32-24)34-30(39)35(29)16-14-27(37)33-22-9-5-4-6-10-22/h4-13,15,17-18,28-29H,14,16H2,1-3H3,(H,33,37)(H,34,39). The van der Waals surface area contributed by atoms with Gasteiger partial charge in [-0.15, -0.1) is 0 Å².